The van der Waals surface area contributed by atoms with E-state index in [1.165, 1.54) is 0 Å². The second kappa shape index (κ2) is 4.23. The summed E-state index contributed by atoms with van der Waals surface area (Å²) in [5, 5.41) is 4.67. The largest absolute Gasteiger partial charge is 0.416 e. The van der Waals surface area contributed by atoms with Crippen molar-refractivity contribution in [2.24, 2.45) is 16.2 Å². The highest BCUT2D eigenvalue weighted by atomic mass is 19.4. The standard InChI is InChI=1S/C7H5F3N4O2/c8-7(9,10)3-1-4(13-15)6(12-11)5(2-3)14-16/h1-2,12H,11H2. The Morgan fingerprint density at radius 2 is 1.56 bits per heavy atom. The van der Waals surface area contributed by atoms with Crippen molar-refractivity contribution < 1.29 is 13.2 Å². The van der Waals surface area contributed by atoms with Crippen molar-refractivity contribution in [2.75, 3.05) is 5.43 Å². The molecule has 0 spiro atoms. The summed E-state index contributed by atoms with van der Waals surface area (Å²) in [5.74, 6) is 4.93. The van der Waals surface area contributed by atoms with E-state index in [2.05, 4.69) is 10.4 Å². The van der Waals surface area contributed by atoms with Crippen molar-refractivity contribution in [2.45, 2.75) is 6.18 Å². The maximum atomic E-state index is 12.3. The summed E-state index contributed by atoms with van der Waals surface area (Å²) in [7, 11) is 0. The summed E-state index contributed by atoms with van der Waals surface area (Å²) < 4.78 is 37.0. The van der Waals surface area contributed by atoms with Crippen LogP contribution in [0.15, 0.2) is 22.5 Å². The molecule has 0 aromatic heterocycles. The zero-order valence-electron chi connectivity index (χ0n) is 7.58. The van der Waals surface area contributed by atoms with Gasteiger partial charge in [-0.1, -0.05) is 0 Å². The third-order valence-electron chi connectivity index (χ3n) is 1.77. The molecule has 0 saturated carbocycles. The first kappa shape index (κ1) is 12.0. The lowest BCUT2D eigenvalue weighted by Gasteiger charge is -2.10. The lowest BCUT2D eigenvalue weighted by molar-refractivity contribution is -0.137. The molecule has 0 amide bonds. The van der Waals surface area contributed by atoms with Crippen LogP contribution >= 0.6 is 0 Å². The fraction of sp³-hybridized carbons (Fsp3) is 0.143. The van der Waals surface area contributed by atoms with Crippen LogP contribution in [0.2, 0.25) is 0 Å². The first-order chi connectivity index (χ1) is 7.43. The molecule has 0 fully saturated rings. The molecular weight excluding hydrogens is 229 g/mol. The summed E-state index contributed by atoms with van der Waals surface area (Å²) in [4.78, 5) is 20.6. The van der Waals surface area contributed by atoms with Gasteiger partial charge in [-0.15, -0.1) is 9.81 Å². The molecule has 0 bridgehead atoms. The Morgan fingerprint density at radius 3 is 1.81 bits per heavy atom. The normalized spacial score (nSPS) is 11.0. The summed E-state index contributed by atoms with van der Waals surface area (Å²) >= 11 is 0. The topological polar surface area (TPSA) is 96.9 Å². The zero-order valence-corrected chi connectivity index (χ0v) is 7.58. The number of hydrogen-bond donors (Lipinski definition) is 2. The Hall–Kier alpha value is -2.03. The van der Waals surface area contributed by atoms with Crippen LogP contribution in [0.25, 0.3) is 0 Å². The Morgan fingerprint density at radius 1 is 1.12 bits per heavy atom. The number of nitrogens with one attached hydrogen (secondary N) is 1. The number of benzene rings is 1. The van der Waals surface area contributed by atoms with Gasteiger partial charge in [-0.05, 0) is 22.5 Å². The highest BCUT2D eigenvalue weighted by molar-refractivity contribution is 5.79. The fourth-order valence-electron chi connectivity index (χ4n) is 1.07. The Labute approximate surface area is 86.5 Å². The van der Waals surface area contributed by atoms with Gasteiger partial charge in [0.2, 0.25) is 0 Å². The molecule has 9 heteroatoms. The van der Waals surface area contributed by atoms with Gasteiger partial charge in [0.05, 0.1) is 5.56 Å². The van der Waals surface area contributed by atoms with Crippen LogP contribution in [0, 0.1) is 9.81 Å². The first-order valence-electron chi connectivity index (χ1n) is 3.82. The number of hydrazine groups is 1. The van der Waals surface area contributed by atoms with E-state index in [4.69, 9.17) is 5.84 Å². The summed E-state index contributed by atoms with van der Waals surface area (Å²) in [6, 6.07) is 0.938. The van der Waals surface area contributed by atoms with Crippen molar-refractivity contribution in [3.8, 4) is 0 Å². The molecule has 1 aromatic rings. The van der Waals surface area contributed by atoms with Gasteiger partial charge in [-0.2, -0.15) is 13.2 Å². The SMILES string of the molecule is NNc1c(N=O)cc(C(F)(F)F)cc1N=O. The van der Waals surface area contributed by atoms with E-state index >= 15 is 0 Å². The predicted molar refractivity (Wildman–Crippen MR) is 50.2 cm³/mol. The third-order valence-corrected chi connectivity index (χ3v) is 1.77. The minimum Gasteiger partial charge on any atom is -0.320 e. The molecule has 1 rings (SSSR count). The van der Waals surface area contributed by atoms with Crippen molar-refractivity contribution in [3.05, 3.63) is 27.5 Å². The number of halogens is 3. The molecule has 0 aliphatic rings. The van der Waals surface area contributed by atoms with E-state index in [1.807, 2.05) is 5.43 Å². The molecule has 0 aliphatic carbocycles. The highest BCUT2D eigenvalue weighted by Gasteiger charge is 2.32. The minimum absolute atomic E-state index is 0.349. The smallest absolute Gasteiger partial charge is 0.320 e. The number of nitrogens with two attached hydrogens (primary N) is 1. The van der Waals surface area contributed by atoms with E-state index in [-0.39, 0.29) is 5.69 Å². The van der Waals surface area contributed by atoms with E-state index in [0.717, 1.165) is 0 Å². The average Bonchev–Trinajstić information content (AvgIpc) is 2.25. The number of nitrogen functional groups attached to an aromatic ring is 1. The quantitative estimate of drug-likeness (QED) is 0.477. The Bertz CT molecular complexity index is 403. The van der Waals surface area contributed by atoms with Crippen LogP contribution in [0.1, 0.15) is 5.56 Å². The molecule has 1 aromatic carbocycles. The lowest BCUT2D eigenvalue weighted by atomic mass is 10.1. The molecular formula is C7H5F3N4O2. The van der Waals surface area contributed by atoms with Crippen LogP contribution in [0.3, 0.4) is 0 Å². The molecule has 16 heavy (non-hydrogen) atoms. The average molecular weight is 234 g/mol. The molecule has 0 radical (unpaired) electrons. The number of nitrogens with zero attached hydrogens (tertiary/aromatic N) is 2. The van der Waals surface area contributed by atoms with Gasteiger partial charge in [0.1, 0.15) is 17.1 Å². The molecule has 0 atom stereocenters. The Kier molecular flexibility index (Phi) is 3.18. The third kappa shape index (κ3) is 2.14. The molecule has 3 N–H and O–H groups in total. The van der Waals surface area contributed by atoms with Crippen molar-refractivity contribution in [3.63, 3.8) is 0 Å². The number of alkyl halides is 3. The monoisotopic (exact) mass is 234 g/mol. The van der Waals surface area contributed by atoms with E-state index in [1.54, 1.807) is 0 Å². The van der Waals surface area contributed by atoms with Crippen LogP contribution in [0.5, 0.6) is 0 Å². The molecule has 0 unspecified atom stereocenters. The van der Waals surface area contributed by atoms with E-state index in [0.29, 0.717) is 12.1 Å². The number of anilines is 1. The van der Waals surface area contributed by atoms with Gasteiger partial charge in [0.15, 0.2) is 0 Å². The number of hydrogen-bond acceptors (Lipinski definition) is 6. The lowest BCUT2D eigenvalue weighted by Crippen LogP contribution is -2.09. The van der Waals surface area contributed by atoms with Crippen molar-refractivity contribution in [1.82, 2.24) is 0 Å². The van der Waals surface area contributed by atoms with Crippen molar-refractivity contribution in [1.29, 1.82) is 0 Å². The summed E-state index contributed by atoms with van der Waals surface area (Å²) in [6.45, 7) is 0. The second-order valence-corrected chi connectivity index (χ2v) is 2.71. The van der Waals surface area contributed by atoms with Crippen LogP contribution < -0.4 is 11.3 Å². The molecule has 86 valence electrons. The Balaban J connectivity index is 3.49. The predicted octanol–water partition coefficient (Wildman–Crippen LogP) is 2.79. The van der Waals surface area contributed by atoms with Gasteiger partial charge in [-0.25, -0.2) is 0 Å². The summed E-state index contributed by atoms with van der Waals surface area (Å²) in [5.41, 5.74) is -0.923. The molecule has 0 saturated heterocycles. The van der Waals surface area contributed by atoms with Crippen molar-refractivity contribution >= 4 is 17.1 Å². The van der Waals surface area contributed by atoms with E-state index < -0.39 is 23.1 Å². The number of rotatable bonds is 3. The van der Waals surface area contributed by atoms with Gasteiger partial charge < -0.3 is 5.43 Å². The highest BCUT2D eigenvalue weighted by Crippen LogP contribution is 2.41. The van der Waals surface area contributed by atoms with Gasteiger partial charge in [-0.3, -0.25) is 5.84 Å². The number of nitroso groups, excluding NO2 is 2. The van der Waals surface area contributed by atoms with Crippen LogP contribution in [-0.2, 0) is 6.18 Å². The van der Waals surface area contributed by atoms with Gasteiger partial charge in [0.25, 0.3) is 0 Å². The minimum atomic E-state index is -4.70. The van der Waals surface area contributed by atoms with Gasteiger partial charge in [0, 0.05) is 0 Å². The maximum absolute atomic E-state index is 12.3. The van der Waals surface area contributed by atoms with Crippen LogP contribution in [0.4, 0.5) is 30.2 Å². The van der Waals surface area contributed by atoms with E-state index in [9.17, 15) is 23.0 Å². The van der Waals surface area contributed by atoms with Gasteiger partial charge >= 0.3 is 6.18 Å². The van der Waals surface area contributed by atoms with Crippen LogP contribution in [-0.4, -0.2) is 0 Å². The molecule has 6 nitrogen and oxygen atoms in total. The summed E-state index contributed by atoms with van der Waals surface area (Å²) in [6.07, 6.45) is -4.70. The zero-order chi connectivity index (χ0) is 12.3. The molecule has 0 heterocycles. The first-order valence-corrected chi connectivity index (χ1v) is 3.82. The molecule has 0 aliphatic heterocycles. The fourth-order valence-corrected chi connectivity index (χ4v) is 1.07. The maximum Gasteiger partial charge on any atom is 0.416 e. The second-order valence-electron chi connectivity index (χ2n) is 2.71.